The monoisotopic (exact) mass is 382 g/mol. The molecule has 0 radical (unpaired) electrons. The number of nitrogens with zero attached hydrogens (tertiary/aromatic N) is 4. The summed E-state index contributed by atoms with van der Waals surface area (Å²) < 4.78 is 4.97. The summed E-state index contributed by atoms with van der Waals surface area (Å²) in [6, 6.07) is 15.0. The van der Waals surface area contributed by atoms with Gasteiger partial charge in [-0.25, -0.2) is 4.79 Å². The molecule has 2 heterocycles. The van der Waals surface area contributed by atoms with E-state index >= 15 is 0 Å². The van der Waals surface area contributed by atoms with E-state index in [0.29, 0.717) is 6.61 Å². The Balaban J connectivity index is 1.55. The van der Waals surface area contributed by atoms with Crippen LogP contribution < -0.4 is 4.90 Å². The molecule has 2 aliphatic rings. The molecule has 0 spiro atoms. The molecule has 0 N–H and O–H groups in total. The van der Waals surface area contributed by atoms with Crippen LogP contribution in [0.4, 0.5) is 11.4 Å². The number of amides is 1. The number of carbonyl (C=O) groups is 2. The Morgan fingerprint density at radius 3 is 2.37 bits per heavy atom. The predicted molar refractivity (Wildman–Crippen MR) is 101 cm³/mol. The summed E-state index contributed by atoms with van der Waals surface area (Å²) in [5, 5.41) is 9.41. The molecule has 27 heavy (non-hydrogen) atoms. The topological polar surface area (TPSA) is 74.6 Å². The maximum atomic E-state index is 13.1. The third kappa shape index (κ3) is 3.40. The van der Waals surface area contributed by atoms with Gasteiger partial charge in [0, 0.05) is 9.79 Å². The van der Waals surface area contributed by atoms with Crippen molar-refractivity contribution in [2.75, 3.05) is 24.6 Å². The molecule has 0 aromatic heterocycles. The van der Waals surface area contributed by atoms with Crippen LogP contribution in [-0.4, -0.2) is 42.6 Å². The van der Waals surface area contributed by atoms with Crippen LogP contribution in [0.15, 0.2) is 68.7 Å². The van der Waals surface area contributed by atoms with E-state index in [0.717, 1.165) is 21.2 Å². The van der Waals surface area contributed by atoms with Crippen molar-refractivity contribution in [1.29, 1.82) is 0 Å². The van der Waals surface area contributed by atoms with Gasteiger partial charge in [-0.3, -0.25) is 14.7 Å². The largest absolute Gasteiger partial charge is 0.464 e. The molecule has 7 nitrogen and oxygen atoms in total. The summed E-state index contributed by atoms with van der Waals surface area (Å²) >= 11 is 1.65. The highest BCUT2D eigenvalue weighted by Gasteiger charge is 2.32. The van der Waals surface area contributed by atoms with Crippen molar-refractivity contribution in [3.63, 3.8) is 0 Å². The Morgan fingerprint density at radius 2 is 1.74 bits per heavy atom. The molecule has 2 aliphatic heterocycles. The third-order valence-corrected chi connectivity index (χ3v) is 5.39. The van der Waals surface area contributed by atoms with E-state index in [4.69, 9.17) is 4.74 Å². The van der Waals surface area contributed by atoms with Gasteiger partial charge in [0.1, 0.15) is 6.54 Å². The first kappa shape index (κ1) is 17.5. The minimum absolute atomic E-state index is 0.0345. The lowest BCUT2D eigenvalue weighted by Crippen LogP contribution is -2.38. The zero-order valence-corrected chi connectivity index (χ0v) is 15.6. The quantitative estimate of drug-likeness (QED) is 0.758. The Hall–Kier alpha value is -2.87. The molecular formula is C19H18N4O3S. The Bertz CT molecular complexity index is 872. The van der Waals surface area contributed by atoms with E-state index in [1.54, 1.807) is 23.6 Å². The minimum Gasteiger partial charge on any atom is -0.464 e. The smallest absolute Gasteiger partial charge is 0.334 e. The number of carbonyl (C=O) groups excluding carboxylic acids is 2. The Labute approximate surface area is 161 Å². The van der Waals surface area contributed by atoms with Crippen molar-refractivity contribution < 1.29 is 14.3 Å². The second-order valence-corrected chi connectivity index (χ2v) is 7.17. The third-order valence-electron chi connectivity index (χ3n) is 4.26. The highest BCUT2D eigenvalue weighted by molar-refractivity contribution is 7.99. The van der Waals surface area contributed by atoms with Crippen LogP contribution in [0.3, 0.4) is 0 Å². The first-order valence-corrected chi connectivity index (χ1v) is 9.50. The molecule has 8 heteroatoms. The second kappa shape index (κ2) is 7.40. The average molecular weight is 382 g/mol. The predicted octanol–water partition coefficient (Wildman–Crippen LogP) is 3.43. The highest BCUT2D eigenvalue weighted by Crippen LogP contribution is 2.47. The summed E-state index contributed by atoms with van der Waals surface area (Å²) in [4.78, 5) is 28.7. The van der Waals surface area contributed by atoms with E-state index < -0.39 is 12.0 Å². The van der Waals surface area contributed by atoms with Crippen molar-refractivity contribution in [3.05, 3.63) is 48.5 Å². The number of esters is 1. The summed E-state index contributed by atoms with van der Waals surface area (Å²) in [5.41, 5.74) is 1.70. The van der Waals surface area contributed by atoms with Crippen LogP contribution >= 0.6 is 11.8 Å². The number of hydrogen-bond acceptors (Lipinski definition) is 7. The Kier molecular flexibility index (Phi) is 4.81. The van der Waals surface area contributed by atoms with Gasteiger partial charge in [-0.05, 0) is 31.2 Å². The zero-order valence-electron chi connectivity index (χ0n) is 14.7. The molecule has 1 unspecified atom stereocenters. The van der Waals surface area contributed by atoms with Crippen molar-refractivity contribution in [3.8, 4) is 0 Å². The van der Waals surface area contributed by atoms with Gasteiger partial charge in [0.15, 0.2) is 6.04 Å². The van der Waals surface area contributed by atoms with Gasteiger partial charge >= 0.3 is 5.97 Å². The van der Waals surface area contributed by atoms with Gasteiger partial charge in [-0.1, -0.05) is 41.3 Å². The fourth-order valence-corrected chi connectivity index (χ4v) is 4.12. The van der Waals surface area contributed by atoms with Crippen LogP contribution in [0.5, 0.6) is 0 Å². The number of hydrogen-bond donors (Lipinski definition) is 0. The minimum atomic E-state index is -0.672. The maximum absolute atomic E-state index is 13.1. The number of benzene rings is 2. The van der Waals surface area contributed by atoms with Crippen molar-refractivity contribution in [2.45, 2.75) is 22.8 Å². The lowest BCUT2D eigenvalue weighted by Gasteiger charge is -2.31. The molecular weight excluding hydrogens is 364 g/mol. The summed E-state index contributed by atoms with van der Waals surface area (Å²) in [5.74, 6) is -0.542. The van der Waals surface area contributed by atoms with Crippen LogP contribution in [0, 0.1) is 0 Å². The molecule has 0 bridgehead atoms. The Morgan fingerprint density at radius 1 is 1.11 bits per heavy atom. The molecule has 138 valence electrons. The van der Waals surface area contributed by atoms with Crippen LogP contribution in [-0.2, 0) is 14.3 Å². The van der Waals surface area contributed by atoms with E-state index in [1.807, 2.05) is 48.5 Å². The van der Waals surface area contributed by atoms with E-state index in [9.17, 15) is 9.59 Å². The van der Waals surface area contributed by atoms with Gasteiger partial charge in [-0.15, -0.1) is 0 Å². The molecule has 0 fully saturated rings. The molecule has 4 rings (SSSR count). The van der Waals surface area contributed by atoms with Gasteiger partial charge in [0.2, 0.25) is 0 Å². The van der Waals surface area contributed by atoms with Gasteiger partial charge in [0.05, 0.1) is 24.5 Å². The van der Waals surface area contributed by atoms with Crippen LogP contribution in [0.2, 0.25) is 0 Å². The summed E-state index contributed by atoms with van der Waals surface area (Å²) in [6.07, 6.45) is 0. The van der Waals surface area contributed by atoms with Crippen LogP contribution in [0.1, 0.15) is 6.92 Å². The number of fused-ring (bicyclic) bond motifs is 2. The fraction of sp³-hybridized carbons (Fsp3) is 0.263. The molecule has 0 saturated carbocycles. The first-order chi connectivity index (χ1) is 13.2. The zero-order chi connectivity index (χ0) is 18.8. The molecule has 2 aromatic carbocycles. The lowest BCUT2D eigenvalue weighted by molar-refractivity contribution is -0.144. The second-order valence-electron chi connectivity index (χ2n) is 6.09. The van der Waals surface area contributed by atoms with Crippen molar-refractivity contribution >= 4 is 35.0 Å². The number of rotatable bonds is 4. The van der Waals surface area contributed by atoms with E-state index in [2.05, 4.69) is 10.3 Å². The fourth-order valence-electron chi connectivity index (χ4n) is 3.06. The SMILES string of the molecule is CCOC(=O)C1CN(CC(=O)N2c3ccccc3Sc3ccccc32)N=N1. The number of anilines is 2. The van der Waals surface area contributed by atoms with Gasteiger partial charge in [-0.2, -0.15) is 5.11 Å². The summed E-state index contributed by atoms with van der Waals surface area (Å²) in [7, 11) is 0. The van der Waals surface area contributed by atoms with Gasteiger partial charge in [0.25, 0.3) is 5.91 Å². The molecule has 0 aliphatic carbocycles. The van der Waals surface area contributed by atoms with Crippen molar-refractivity contribution in [2.24, 2.45) is 10.3 Å². The maximum Gasteiger partial charge on any atom is 0.334 e. The number of ether oxygens (including phenoxy) is 1. The van der Waals surface area contributed by atoms with E-state index in [-0.39, 0.29) is 19.0 Å². The molecule has 2 aromatic rings. The number of para-hydroxylation sites is 2. The molecule has 1 amide bonds. The standard InChI is InChI=1S/C19H18N4O3S/c1-2-26-19(25)13-11-22(21-20-13)12-18(24)23-14-7-3-5-9-16(14)27-17-10-6-4-8-15(17)23/h3-10,13H,2,11-12H2,1H3. The summed E-state index contributed by atoms with van der Waals surface area (Å²) in [6.45, 7) is 2.32. The van der Waals surface area contributed by atoms with Gasteiger partial charge < -0.3 is 4.74 Å². The lowest BCUT2D eigenvalue weighted by atomic mass is 10.2. The highest BCUT2D eigenvalue weighted by atomic mass is 32.2. The average Bonchev–Trinajstić information content (AvgIpc) is 3.14. The molecule has 1 atom stereocenters. The normalized spacial score (nSPS) is 17.4. The van der Waals surface area contributed by atoms with Crippen LogP contribution in [0.25, 0.3) is 0 Å². The van der Waals surface area contributed by atoms with Crippen molar-refractivity contribution in [1.82, 2.24) is 5.01 Å². The first-order valence-electron chi connectivity index (χ1n) is 8.68. The van der Waals surface area contributed by atoms with E-state index in [1.165, 1.54) is 5.01 Å². The molecule has 0 saturated heterocycles.